The van der Waals surface area contributed by atoms with Crippen LogP contribution in [0.15, 0.2) is 11.6 Å². The second kappa shape index (κ2) is 7.64. The second-order valence-corrected chi connectivity index (χ2v) is 12.1. The normalized spacial score (nSPS) is 48.2. The van der Waals surface area contributed by atoms with Crippen molar-refractivity contribution in [3.8, 4) is 0 Å². The van der Waals surface area contributed by atoms with E-state index in [0.717, 1.165) is 0 Å². The molecule has 1 N–H and O–H groups in total. The number of ether oxygens (including phenoxy) is 5. The Hall–Kier alpha value is -2.30. The summed E-state index contributed by atoms with van der Waals surface area (Å²) < 4.78 is 29.6. The number of rotatable bonds is 5. The van der Waals surface area contributed by atoms with E-state index in [1.807, 2.05) is 13.8 Å². The number of esters is 3. The maximum Gasteiger partial charge on any atom is 0.303 e. The summed E-state index contributed by atoms with van der Waals surface area (Å²) in [5, 5.41) is 12.9. The molecule has 10 nitrogen and oxygen atoms in total. The van der Waals surface area contributed by atoms with E-state index < -0.39 is 81.6 Å². The zero-order valence-electron chi connectivity index (χ0n) is 22.6. The van der Waals surface area contributed by atoms with E-state index in [-0.39, 0.29) is 18.8 Å². The predicted octanol–water partition coefficient (Wildman–Crippen LogP) is 1.51. The van der Waals surface area contributed by atoms with Crippen molar-refractivity contribution >= 4 is 23.7 Å². The van der Waals surface area contributed by atoms with Crippen LogP contribution in [0, 0.1) is 29.1 Å². The van der Waals surface area contributed by atoms with Crippen molar-refractivity contribution in [2.45, 2.75) is 89.5 Å². The molecule has 0 amide bonds. The highest BCUT2D eigenvalue weighted by Crippen LogP contribution is 2.80. The van der Waals surface area contributed by atoms with Gasteiger partial charge in [0.05, 0.1) is 11.7 Å². The summed E-state index contributed by atoms with van der Waals surface area (Å²) in [6, 6.07) is 0. The minimum Gasteiger partial charge on any atom is -0.463 e. The van der Waals surface area contributed by atoms with E-state index in [9.17, 15) is 24.3 Å². The van der Waals surface area contributed by atoms with Crippen LogP contribution in [0.5, 0.6) is 0 Å². The Morgan fingerprint density at radius 2 is 1.78 bits per heavy atom. The molecule has 0 aromatic carbocycles. The second-order valence-electron chi connectivity index (χ2n) is 12.1. The SMILES string of the molecule is CO[C@]12C[C@]3(COC(C)=O)O[C@@H]3[C@H]3[C@@H]4C(C)(C)[C@]4(OC(C)=O)[C@H](OC(C)=O)[C@@H](C)[C@]3(O)[C@@H]1C=C(C)C2=O. The first kappa shape index (κ1) is 26.3. The smallest absolute Gasteiger partial charge is 0.303 e. The molecule has 0 unspecified atom stereocenters. The van der Waals surface area contributed by atoms with Crippen molar-refractivity contribution in [2.75, 3.05) is 13.7 Å². The molecule has 204 valence electrons. The van der Waals surface area contributed by atoms with Gasteiger partial charge in [-0.1, -0.05) is 26.8 Å². The van der Waals surface area contributed by atoms with Gasteiger partial charge in [0.25, 0.3) is 0 Å². The zero-order chi connectivity index (χ0) is 27.5. The molecule has 0 spiro atoms. The largest absolute Gasteiger partial charge is 0.463 e. The van der Waals surface area contributed by atoms with E-state index in [1.165, 1.54) is 27.9 Å². The third-order valence-corrected chi connectivity index (χ3v) is 10.0. The summed E-state index contributed by atoms with van der Waals surface area (Å²) in [4.78, 5) is 50.2. The Bertz CT molecular complexity index is 1130. The molecule has 0 aromatic rings. The maximum atomic E-state index is 13.7. The first-order valence-electron chi connectivity index (χ1n) is 12.8. The Morgan fingerprint density at radius 1 is 1.14 bits per heavy atom. The summed E-state index contributed by atoms with van der Waals surface area (Å²) >= 11 is 0. The Balaban J connectivity index is 1.74. The van der Waals surface area contributed by atoms with Crippen LogP contribution in [0.2, 0.25) is 0 Å². The van der Waals surface area contributed by atoms with Crippen LogP contribution in [0.4, 0.5) is 0 Å². The Labute approximate surface area is 216 Å². The molecule has 5 aliphatic rings. The first-order chi connectivity index (χ1) is 17.1. The van der Waals surface area contributed by atoms with E-state index >= 15 is 0 Å². The quantitative estimate of drug-likeness (QED) is 0.322. The molecule has 3 saturated carbocycles. The molecule has 0 bridgehead atoms. The Morgan fingerprint density at radius 3 is 2.32 bits per heavy atom. The molecule has 10 heteroatoms. The first-order valence-corrected chi connectivity index (χ1v) is 12.8. The van der Waals surface area contributed by atoms with Crippen LogP contribution in [0.1, 0.15) is 54.9 Å². The monoisotopic (exact) mass is 520 g/mol. The molecule has 1 saturated heterocycles. The number of fused-ring (bicyclic) bond motifs is 7. The van der Waals surface area contributed by atoms with E-state index in [4.69, 9.17) is 23.7 Å². The number of hydrogen-bond acceptors (Lipinski definition) is 10. The van der Waals surface area contributed by atoms with Gasteiger partial charge in [0.15, 0.2) is 11.4 Å². The molecule has 37 heavy (non-hydrogen) atoms. The lowest BCUT2D eigenvalue weighted by molar-refractivity contribution is -0.239. The van der Waals surface area contributed by atoms with Crippen LogP contribution in [-0.2, 0) is 42.9 Å². The van der Waals surface area contributed by atoms with Crippen LogP contribution in [0.25, 0.3) is 0 Å². The number of carbonyl (C=O) groups is 4. The molecule has 1 aliphatic heterocycles. The number of carbonyl (C=O) groups excluding carboxylic acids is 4. The van der Waals surface area contributed by atoms with Gasteiger partial charge in [-0.25, -0.2) is 0 Å². The number of Topliss-reactive ketones (excluding diaryl/α,β-unsaturated/α-hetero) is 1. The summed E-state index contributed by atoms with van der Waals surface area (Å²) in [7, 11) is 1.43. The number of ketones is 1. The van der Waals surface area contributed by atoms with Crippen LogP contribution in [-0.4, -0.2) is 77.1 Å². The summed E-state index contributed by atoms with van der Waals surface area (Å²) in [5.74, 6) is -4.55. The summed E-state index contributed by atoms with van der Waals surface area (Å²) in [5.41, 5.74) is -5.66. The molecule has 5 rings (SSSR count). The Kier molecular flexibility index (Phi) is 5.43. The summed E-state index contributed by atoms with van der Waals surface area (Å²) in [6.45, 7) is 11.0. The van der Waals surface area contributed by atoms with Gasteiger partial charge in [-0.05, 0) is 12.5 Å². The molecular formula is C27H36O10. The number of aliphatic hydroxyl groups is 1. The van der Waals surface area contributed by atoms with E-state index in [2.05, 4.69) is 0 Å². The third-order valence-electron chi connectivity index (χ3n) is 10.0. The van der Waals surface area contributed by atoms with Crippen molar-refractivity contribution < 1.29 is 48.0 Å². The van der Waals surface area contributed by atoms with Gasteiger partial charge in [-0.15, -0.1) is 0 Å². The van der Waals surface area contributed by atoms with Crippen molar-refractivity contribution in [2.24, 2.45) is 29.1 Å². The lowest BCUT2D eigenvalue weighted by atomic mass is 9.58. The molecule has 4 aliphatic carbocycles. The standard InChI is InChI=1S/C27H36O10/c1-12-9-17-25(33-8,20(12)31)10-24(11-34-14(3)28)22(37-24)18-19-23(6,7)27(19,36-16(5)30)21(35-15(4)29)13(2)26(17,18)32/h9,13,17-19,21-22,32H,10-11H2,1-8H3/t13-,17-,18-,19-,21-,22-,24-,25-,26+,27-/m1/s1. The minimum atomic E-state index is -1.65. The lowest BCUT2D eigenvalue weighted by Crippen LogP contribution is -2.67. The van der Waals surface area contributed by atoms with Gasteiger partial charge >= 0.3 is 17.9 Å². The van der Waals surface area contributed by atoms with Crippen LogP contribution >= 0.6 is 0 Å². The number of epoxide rings is 1. The third kappa shape index (κ3) is 3.03. The van der Waals surface area contributed by atoms with E-state index in [1.54, 1.807) is 19.9 Å². The van der Waals surface area contributed by atoms with Crippen LogP contribution in [0.3, 0.4) is 0 Å². The molecule has 4 fully saturated rings. The number of hydrogen-bond donors (Lipinski definition) is 1. The highest BCUT2D eigenvalue weighted by molar-refractivity contribution is 6.05. The van der Waals surface area contributed by atoms with E-state index in [0.29, 0.717) is 5.57 Å². The molecule has 0 aromatic heterocycles. The van der Waals surface area contributed by atoms with Gasteiger partial charge in [0.2, 0.25) is 0 Å². The van der Waals surface area contributed by atoms with Crippen LogP contribution < -0.4 is 0 Å². The van der Waals surface area contributed by atoms with Crippen molar-refractivity contribution in [1.29, 1.82) is 0 Å². The fraction of sp³-hybridized carbons (Fsp3) is 0.778. The predicted molar refractivity (Wildman–Crippen MR) is 126 cm³/mol. The zero-order valence-corrected chi connectivity index (χ0v) is 22.6. The average molecular weight is 521 g/mol. The van der Waals surface area contributed by atoms with Gasteiger partial charge in [-0.3, -0.25) is 19.2 Å². The van der Waals surface area contributed by atoms with Gasteiger partial charge in [0, 0.05) is 63.4 Å². The molecule has 0 radical (unpaired) electrons. The highest BCUT2D eigenvalue weighted by Gasteiger charge is 2.92. The molecule has 1 heterocycles. The molecule has 10 atom stereocenters. The lowest BCUT2D eigenvalue weighted by Gasteiger charge is -2.54. The topological polar surface area (TPSA) is 138 Å². The fourth-order valence-corrected chi connectivity index (χ4v) is 8.53. The van der Waals surface area contributed by atoms with Crippen molar-refractivity contribution in [3.05, 3.63) is 11.6 Å². The summed E-state index contributed by atoms with van der Waals surface area (Å²) in [6.07, 6.45) is 0.231. The van der Waals surface area contributed by atoms with Gasteiger partial charge in [-0.2, -0.15) is 0 Å². The maximum absolute atomic E-state index is 13.7. The van der Waals surface area contributed by atoms with Gasteiger partial charge in [0.1, 0.15) is 23.9 Å². The molecular weight excluding hydrogens is 484 g/mol. The fourth-order valence-electron chi connectivity index (χ4n) is 8.53. The number of methoxy groups -OCH3 is 1. The van der Waals surface area contributed by atoms with Crippen molar-refractivity contribution in [1.82, 2.24) is 0 Å². The highest BCUT2D eigenvalue weighted by atomic mass is 16.7. The average Bonchev–Trinajstić information content (AvgIpc) is 3.59. The minimum absolute atomic E-state index is 0.0727. The van der Waals surface area contributed by atoms with Crippen molar-refractivity contribution in [3.63, 3.8) is 0 Å². The van der Waals surface area contributed by atoms with Gasteiger partial charge < -0.3 is 28.8 Å².